The third-order valence-electron chi connectivity index (χ3n) is 2.87. The first kappa shape index (κ1) is 11.6. The summed E-state index contributed by atoms with van der Waals surface area (Å²) in [5.41, 5.74) is 0.830. The Hall–Kier alpha value is -0.870. The zero-order valence-corrected chi connectivity index (χ0v) is 10.1. The lowest BCUT2D eigenvalue weighted by molar-refractivity contribution is 0.197. The van der Waals surface area contributed by atoms with Gasteiger partial charge in [0.2, 0.25) is 0 Å². The van der Waals surface area contributed by atoms with Crippen molar-refractivity contribution in [2.45, 2.75) is 23.3 Å². The summed E-state index contributed by atoms with van der Waals surface area (Å²) in [6, 6.07) is 9.31. The largest absolute Gasteiger partial charge is 0.383 e. The van der Waals surface area contributed by atoms with Crippen molar-refractivity contribution in [3.63, 3.8) is 0 Å². The quantitative estimate of drug-likeness (QED) is 0.790. The highest BCUT2D eigenvalue weighted by Crippen LogP contribution is 2.37. The van der Waals surface area contributed by atoms with E-state index < -0.39 is 15.1 Å². The second-order valence-corrected chi connectivity index (χ2v) is 6.56. The van der Waals surface area contributed by atoms with E-state index >= 15 is 0 Å². The van der Waals surface area contributed by atoms with Gasteiger partial charge >= 0.3 is 0 Å². The van der Waals surface area contributed by atoms with E-state index in [1.165, 1.54) is 0 Å². The van der Waals surface area contributed by atoms with Crippen LogP contribution in [0.4, 0.5) is 0 Å². The summed E-state index contributed by atoms with van der Waals surface area (Å²) in [5, 5.41) is -0.654. The van der Waals surface area contributed by atoms with E-state index in [0.717, 1.165) is 18.4 Å². The van der Waals surface area contributed by atoms with E-state index in [2.05, 4.69) is 0 Å². The molecule has 1 atom stereocenters. The van der Waals surface area contributed by atoms with E-state index in [9.17, 15) is 8.42 Å². The first-order valence-electron chi connectivity index (χ1n) is 5.43. The molecule has 0 bridgehead atoms. The van der Waals surface area contributed by atoms with Crippen LogP contribution in [0.1, 0.15) is 23.7 Å². The van der Waals surface area contributed by atoms with Crippen molar-refractivity contribution in [1.82, 2.24) is 0 Å². The predicted octanol–water partition coefficient (Wildman–Crippen LogP) is 1.95. The molecular formula is C12H16O3S. The first-order valence-corrected chi connectivity index (χ1v) is 7.04. The molecule has 0 N–H and O–H groups in total. The van der Waals surface area contributed by atoms with Crippen LogP contribution in [0, 0.1) is 0 Å². The Bertz CT molecular complexity index is 435. The summed E-state index contributed by atoms with van der Waals surface area (Å²) in [5.74, 6) is 0. The van der Waals surface area contributed by atoms with Crippen LogP contribution in [0.2, 0.25) is 0 Å². The molecule has 1 aliphatic carbocycles. The van der Waals surface area contributed by atoms with Gasteiger partial charge in [0.1, 0.15) is 5.25 Å². The molecule has 1 unspecified atom stereocenters. The van der Waals surface area contributed by atoms with Crippen LogP contribution in [0.15, 0.2) is 30.3 Å². The number of rotatable bonds is 5. The zero-order valence-electron chi connectivity index (χ0n) is 9.30. The summed E-state index contributed by atoms with van der Waals surface area (Å²) in [4.78, 5) is 0. The van der Waals surface area contributed by atoms with Crippen LogP contribution in [-0.4, -0.2) is 27.4 Å². The maximum atomic E-state index is 12.2. The van der Waals surface area contributed by atoms with E-state index in [1.807, 2.05) is 30.3 Å². The Morgan fingerprint density at radius 3 is 2.44 bits per heavy atom. The molecule has 0 heterocycles. The molecule has 0 aliphatic heterocycles. The molecule has 2 rings (SSSR count). The number of sulfone groups is 1. The molecule has 1 saturated carbocycles. The van der Waals surface area contributed by atoms with Crippen molar-refractivity contribution in [2.24, 2.45) is 0 Å². The molecule has 4 heteroatoms. The first-order chi connectivity index (χ1) is 7.66. The molecule has 0 amide bonds. The molecule has 0 aromatic heterocycles. The SMILES string of the molecule is COCC(c1ccccc1)S(=O)(=O)C1CC1. The van der Waals surface area contributed by atoms with Crippen LogP contribution in [0.25, 0.3) is 0 Å². The van der Waals surface area contributed by atoms with Crippen molar-refractivity contribution in [1.29, 1.82) is 0 Å². The summed E-state index contributed by atoms with van der Waals surface area (Å²) in [7, 11) is -1.53. The minimum atomic E-state index is -3.07. The van der Waals surface area contributed by atoms with Gasteiger partial charge in [0.15, 0.2) is 9.84 Å². The number of benzene rings is 1. The lowest BCUT2D eigenvalue weighted by Gasteiger charge is -2.16. The van der Waals surface area contributed by atoms with Gasteiger partial charge in [-0.25, -0.2) is 8.42 Å². The summed E-state index contributed by atoms with van der Waals surface area (Å²) < 4.78 is 29.5. The standard InChI is InChI=1S/C12H16O3S/c1-15-9-12(10-5-3-2-4-6-10)16(13,14)11-7-8-11/h2-6,11-12H,7-9H2,1H3. The Balaban J connectivity index is 2.30. The fraction of sp³-hybridized carbons (Fsp3) is 0.500. The van der Waals surface area contributed by atoms with Crippen molar-refractivity contribution < 1.29 is 13.2 Å². The van der Waals surface area contributed by atoms with Gasteiger partial charge in [-0.2, -0.15) is 0 Å². The van der Waals surface area contributed by atoms with Crippen LogP contribution in [0.3, 0.4) is 0 Å². The van der Waals surface area contributed by atoms with Crippen LogP contribution < -0.4 is 0 Å². The van der Waals surface area contributed by atoms with Crippen molar-refractivity contribution in [2.75, 3.05) is 13.7 Å². The minimum Gasteiger partial charge on any atom is -0.383 e. The predicted molar refractivity (Wildman–Crippen MR) is 63.0 cm³/mol. The molecule has 3 nitrogen and oxygen atoms in total. The normalized spacial score (nSPS) is 18.3. The average molecular weight is 240 g/mol. The summed E-state index contributed by atoms with van der Waals surface area (Å²) >= 11 is 0. The fourth-order valence-electron chi connectivity index (χ4n) is 1.83. The average Bonchev–Trinajstić information content (AvgIpc) is 3.11. The highest BCUT2D eigenvalue weighted by molar-refractivity contribution is 7.92. The van der Waals surface area contributed by atoms with Crippen molar-refractivity contribution in [3.8, 4) is 0 Å². The zero-order chi connectivity index (χ0) is 11.6. The van der Waals surface area contributed by atoms with Crippen molar-refractivity contribution >= 4 is 9.84 Å². The molecule has 0 saturated heterocycles. The highest BCUT2D eigenvalue weighted by Gasteiger charge is 2.41. The maximum absolute atomic E-state index is 12.2. The molecule has 1 aromatic rings. The molecule has 88 valence electrons. The molecule has 16 heavy (non-hydrogen) atoms. The smallest absolute Gasteiger partial charge is 0.162 e. The minimum absolute atomic E-state index is 0.146. The molecule has 0 radical (unpaired) electrons. The monoisotopic (exact) mass is 240 g/mol. The molecule has 1 aliphatic rings. The third kappa shape index (κ3) is 2.28. The molecular weight excluding hydrogens is 224 g/mol. The van der Waals surface area contributed by atoms with Gasteiger partial charge in [-0.15, -0.1) is 0 Å². The maximum Gasteiger partial charge on any atom is 0.162 e. The van der Waals surface area contributed by atoms with Gasteiger partial charge in [-0.05, 0) is 18.4 Å². The number of ether oxygens (including phenoxy) is 1. The fourth-order valence-corrected chi connectivity index (χ4v) is 3.95. The number of hydrogen-bond donors (Lipinski definition) is 0. The third-order valence-corrected chi connectivity index (χ3v) is 5.48. The van der Waals surface area contributed by atoms with Gasteiger partial charge in [-0.1, -0.05) is 30.3 Å². The topological polar surface area (TPSA) is 43.4 Å². The van der Waals surface area contributed by atoms with Crippen LogP contribution >= 0.6 is 0 Å². The molecule has 0 spiro atoms. The van der Waals surface area contributed by atoms with Crippen LogP contribution in [-0.2, 0) is 14.6 Å². The lowest BCUT2D eigenvalue weighted by atomic mass is 10.1. The number of methoxy groups -OCH3 is 1. The van der Waals surface area contributed by atoms with Gasteiger partial charge in [-0.3, -0.25) is 0 Å². The Kier molecular flexibility index (Phi) is 3.30. The molecule has 1 fully saturated rings. The Labute approximate surface area is 96.4 Å². The number of hydrogen-bond acceptors (Lipinski definition) is 3. The Morgan fingerprint density at radius 1 is 1.31 bits per heavy atom. The van der Waals surface area contributed by atoms with Crippen molar-refractivity contribution in [3.05, 3.63) is 35.9 Å². The summed E-state index contributed by atoms with van der Waals surface area (Å²) in [6.45, 7) is 0.239. The second kappa shape index (κ2) is 4.55. The highest BCUT2D eigenvalue weighted by atomic mass is 32.2. The van der Waals surface area contributed by atoms with Gasteiger partial charge in [0.05, 0.1) is 11.9 Å². The van der Waals surface area contributed by atoms with Gasteiger partial charge in [0.25, 0.3) is 0 Å². The van der Waals surface area contributed by atoms with Crippen LogP contribution in [0.5, 0.6) is 0 Å². The molecule has 1 aromatic carbocycles. The van der Waals surface area contributed by atoms with Gasteiger partial charge < -0.3 is 4.74 Å². The van der Waals surface area contributed by atoms with E-state index in [-0.39, 0.29) is 11.9 Å². The van der Waals surface area contributed by atoms with E-state index in [0.29, 0.717) is 0 Å². The Morgan fingerprint density at radius 2 is 1.94 bits per heavy atom. The van der Waals surface area contributed by atoms with E-state index in [1.54, 1.807) is 7.11 Å². The summed E-state index contributed by atoms with van der Waals surface area (Å²) in [6.07, 6.45) is 1.60. The lowest BCUT2D eigenvalue weighted by Crippen LogP contribution is -2.21. The second-order valence-electron chi connectivity index (χ2n) is 4.14. The van der Waals surface area contributed by atoms with E-state index in [4.69, 9.17) is 4.74 Å². The van der Waals surface area contributed by atoms with Gasteiger partial charge in [0, 0.05) is 7.11 Å².